The third-order valence-electron chi connectivity index (χ3n) is 3.40. The molecule has 1 heterocycles. The lowest BCUT2D eigenvalue weighted by atomic mass is 9.78. The van der Waals surface area contributed by atoms with Gasteiger partial charge in [-0.25, -0.2) is 0 Å². The van der Waals surface area contributed by atoms with Crippen molar-refractivity contribution in [1.29, 1.82) is 0 Å². The van der Waals surface area contributed by atoms with E-state index >= 15 is 0 Å². The van der Waals surface area contributed by atoms with Crippen LogP contribution in [0.4, 0.5) is 0 Å². The van der Waals surface area contributed by atoms with E-state index in [2.05, 4.69) is 12.2 Å². The molecule has 0 bridgehead atoms. The Labute approximate surface area is 63.2 Å². The fourth-order valence-electron chi connectivity index (χ4n) is 2.65. The maximum Gasteiger partial charge on any atom is 0.0121 e. The molecule has 1 aliphatic heterocycles. The fourth-order valence-corrected chi connectivity index (χ4v) is 2.65. The van der Waals surface area contributed by atoms with E-state index in [1.165, 1.54) is 38.6 Å². The van der Waals surface area contributed by atoms with Gasteiger partial charge in [-0.2, -0.15) is 0 Å². The first-order valence-corrected chi connectivity index (χ1v) is 4.55. The number of hydrogen-bond donors (Lipinski definition) is 1. The van der Waals surface area contributed by atoms with E-state index in [9.17, 15) is 0 Å². The monoisotopic (exact) mass is 139 g/mol. The molecule has 10 heavy (non-hydrogen) atoms. The first kappa shape index (κ1) is 6.66. The van der Waals surface area contributed by atoms with Gasteiger partial charge in [-0.05, 0) is 37.6 Å². The van der Waals surface area contributed by atoms with Crippen LogP contribution < -0.4 is 5.32 Å². The fraction of sp³-hybridized carbons (Fsp3) is 1.00. The minimum atomic E-state index is 0.679. The molecule has 1 aliphatic carbocycles. The van der Waals surface area contributed by atoms with Crippen LogP contribution in [0.3, 0.4) is 0 Å². The SMILES string of the molecule is C[C@@]12CCCN[C@H]1CCC2. The summed E-state index contributed by atoms with van der Waals surface area (Å²) < 4.78 is 0. The van der Waals surface area contributed by atoms with E-state index in [4.69, 9.17) is 0 Å². The molecule has 0 amide bonds. The van der Waals surface area contributed by atoms with Gasteiger partial charge >= 0.3 is 0 Å². The Bertz CT molecular complexity index is 133. The van der Waals surface area contributed by atoms with Gasteiger partial charge in [0.1, 0.15) is 0 Å². The number of piperidine rings is 1. The van der Waals surface area contributed by atoms with Crippen molar-refractivity contribution in [1.82, 2.24) is 5.32 Å². The molecule has 1 nitrogen and oxygen atoms in total. The summed E-state index contributed by atoms with van der Waals surface area (Å²) in [5, 5.41) is 3.62. The van der Waals surface area contributed by atoms with Crippen molar-refractivity contribution >= 4 is 0 Å². The van der Waals surface area contributed by atoms with Crippen molar-refractivity contribution in [3.05, 3.63) is 0 Å². The predicted molar refractivity (Wildman–Crippen MR) is 43.0 cm³/mol. The highest BCUT2D eigenvalue weighted by molar-refractivity contribution is 4.95. The standard InChI is InChI=1S/C9H17N/c1-9-5-2-4-8(9)10-7-3-6-9/h8,10H,2-7H2,1H3/t8-,9+/m0/s1. The molecule has 0 unspecified atom stereocenters. The number of rotatable bonds is 0. The third-order valence-corrected chi connectivity index (χ3v) is 3.40. The molecule has 1 saturated heterocycles. The van der Waals surface area contributed by atoms with E-state index in [0.717, 1.165) is 6.04 Å². The summed E-state index contributed by atoms with van der Waals surface area (Å²) in [5.41, 5.74) is 0.679. The van der Waals surface area contributed by atoms with Gasteiger partial charge in [0.15, 0.2) is 0 Å². The molecule has 0 aromatic rings. The van der Waals surface area contributed by atoms with Crippen molar-refractivity contribution in [2.24, 2.45) is 5.41 Å². The zero-order valence-corrected chi connectivity index (χ0v) is 6.82. The Morgan fingerprint density at radius 1 is 1.30 bits per heavy atom. The Morgan fingerprint density at radius 2 is 2.10 bits per heavy atom. The highest BCUT2D eigenvalue weighted by Gasteiger charge is 2.39. The first-order chi connectivity index (χ1) is 4.81. The zero-order chi connectivity index (χ0) is 7.03. The quantitative estimate of drug-likeness (QED) is 0.540. The Kier molecular flexibility index (Phi) is 1.48. The second-order valence-corrected chi connectivity index (χ2v) is 4.16. The van der Waals surface area contributed by atoms with Gasteiger partial charge in [0.2, 0.25) is 0 Å². The van der Waals surface area contributed by atoms with Crippen LogP contribution in [-0.4, -0.2) is 12.6 Å². The van der Waals surface area contributed by atoms with Gasteiger partial charge < -0.3 is 5.32 Å². The van der Waals surface area contributed by atoms with E-state index < -0.39 is 0 Å². The minimum absolute atomic E-state index is 0.679. The van der Waals surface area contributed by atoms with Crippen LogP contribution in [-0.2, 0) is 0 Å². The van der Waals surface area contributed by atoms with Gasteiger partial charge in [-0.3, -0.25) is 0 Å². The lowest BCUT2D eigenvalue weighted by Crippen LogP contribution is -2.44. The van der Waals surface area contributed by atoms with Gasteiger partial charge in [-0.1, -0.05) is 13.3 Å². The van der Waals surface area contributed by atoms with Crippen molar-refractivity contribution < 1.29 is 0 Å². The van der Waals surface area contributed by atoms with Crippen LogP contribution in [0.25, 0.3) is 0 Å². The van der Waals surface area contributed by atoms with Crippen LogP contribution in [0.2, 0.25) is 0 Å². The van der Waals surface area contributed by atoms with Crippen molar-refractivity contribution in [3.63, 3.8) is 0 Å². The molecule has 1 heteroatoms. The molecule has 0 spiro atoms. The van der Waals surface area contributed by atoms with Crippen LogP contribution in [0.15, 0.2) is 0 Å². The molecular formula is C9H17N. The normalized spacial score (nSPS) is 47.1. The smallest absolute Gasteiger partial charge is 0.0121 e. The maximum absolute atomic E-state index is 3.62. The molecule has 2 rings (SSSR count). The molecule has 2 atom stereocenters. The summed E-state index contributed by atoms with van der Waals surface area (Å²) in [6.45, 7) is 3.72. The first-order valence-electron chi connectivity index (χ1n) is 4.55. The molecule has 1 N–H and O–H groups in total. The Morgan fingerprint density at radius 3 is 2.90 bits per heavy atom. The highest BCUT2D eigenvalue weighted by Crippen LogP contribution is 2.43. The molecule has 2 fully saturated rings. The van der Waals surface area contributed by atoms with Crippen molar-refractivity contribution in [2.45, 2.75) is 45.1 Å². The summed E-state index contributed by atoms with van der Waals surface area (Å²) >= 11 is 0. The third kappa shape index (κ3) is 0.878. The van der Waals surface area contributed by atoms with E-state index in [1.54, 1.807) is 0 Å². The topological polar surface area (TPSA) is 12.0 Å². The molecule has 1 saturated carbocycles. The predicted octanol–water partition coefficient (Wildman–Crippen LogP) is 1.93. The summed E-state index contributed by atoms with van der Waals surface area (Å²) in [4.78, 5) is 0. The summed E-state index contributed by atoms with van der Waals surface area (Å²) in [6.07, 6.45) is 7.20. The molecular weight excluding hydrogens is 122 g/mol. The Balaban J connectivity index is 2.10. The van der Waals surface area contributed by atoms with Gasteiger partial charge in [-0.15, -0.1) is 0 Å². The van der Waals surface area contributed by atoms with Crippen LogP contribution >= 0.6 is 0 Å². The van der Waals surface area contributed by atoms with Gasteiger partial charge in [0, 0.05) is 6.04 Å². The zero-order valence-electron chi connectivity index (χ0n) is 6.82. The largest absolute Gasteiger partial charge is 0.313 e. The number of nitrogens with one attached hydrogen (secondary N) is 1. The van der Waals surface area contributed by atoms with E-state index in [1.807, 2.05) is 0 Å². The summed E-state index contributed by atoms with van der Waals surface area (Å²) in [5.74, 6) is 0. The van der Waals surface area contributed by atoms with E-state index in [0.29, 0.717) is 5.41 Å². The molecule has 2 aliphatic rings. The molecule has 0 radical (unpaired) electrons. The molecule has 0 aromatic carbocycles. The number of fused-ring (bicyclic) bond motifs is 1. The second-order valence-electron chi connectivity index (χ2n) is 4.16. The van der Waals surface area contributed by atoms with Crippen LogP contribution in [0.5, 0.6) is 0 Å². The van der Waals surface area contributed by atoms with Crippen LogP contribution in [0.1, 0.15) is 39.0 Å². The van der Waals surface area contributed by atoms with Gasteiger partial charge in [0.25, 0.3) is 0 Å². The molecule has 58 valence electrons. The number of hydrogen-bond acceptors (Lipinski definition) is 1. The maximum atomic E-state index is 3.62. The van der Waals surface area contributed by atoms with E-state index in [-0.39, 0.29) is 0 Å². The second kappa shape index (κ2) is 2.23. The molecule has 0 aromatic heterocycles. The summed E-state index contributed by atoms with van der Waals surface area (Å²) in [7, 11) is 0. The summed E-state index contributed by atoms with van der Waals surface area (Å²) in [6, 6.07) is 0.862. The lowest BCUT2D eigenvalue weighted by Gasteiger charge is -2.36. The average Bonchev–Trinajstić information content (AvgIpc) is 2.29. The average molecular weight is 139 g/mol. The Hall–Kier alpha value is -0.0400. The highest BCUT2D eigenvalue weighted by atomic mass is 15.0. The lowest BCUT2D eigenvalue weighted by molar-refractivity contribution is 0.191. The van der Waals surface area contributed by atoms with Crippen molar-refractivity contribution in [3.8, 4) is 0 Å². The van der Waals surface area contributed by atoms with Gasteiger partial charge in [0.05, 0.1) is 0 Å². The van der Waals surface area contributed by atoms with Crippen LogP contribution in [0, 0.1) is 5.41 Å². The van der Waals surface area contributed by atoms with Crippen molar-refractivity contribution in [2.75, 3.05) is 6.54 Å². The minimum Gasteiger partial charge on any atom is -0.313 e.